The van der Waals surface area contributed by atoms with E-state index >= 15 is 0 Å². The second-order valence-corrected chi connectivity index (χ2v) is 2.40. The van der Waals surface area contributed by atoms with E-state index in [0.29, 0.717) is 0 Å². The zero-order valence-electron chi connectivity index (χ0n) is 6.07. The van der Waals surface area contributed by atoms with Crippen molar-refractivity contribution in [3.8, 4) is 0 Å². The molecule has 0 atom stereocenters. The highest BCUT2D eigenvalue weighted by Crippen LogP contribution is 2.18. The van der Waals surface area contributed by atoms with Gasteiger partial charge in [-0.05, 0) is 6.42 Å². The van der Waals surface area contributed by atoms with Crippen LogP contribution in [0.25, 0.3) is 0 Å². The van der Waals surface area contributed by atoms with Crippen LogP contribution in [-0.2, 0) is 0 Å². The highest BCUT2D eigenvalue weighted by molar-refractivity contribution is 6.18. The third-order valence-electron chi connectivity index (χ3n) is 1.63. The van der Waals surface area contributed by atoms with Gasteiger partial charge >= 0.3 is 0 Å². The summed E-state index contributed by atoms with van der Waals surface area (Å²) in [5, 5.41) is 0. The standard InChI is InChI=1S/C9H8N2/c1-2-4-8(5-3-1)9-10-6-7-11-9/h1-4,6-7H,5H2. The van der Waals surface area contributed by atoms with Gasteiger partial charge in [0.1, 0.15) is 0 Å². The summed E-state index contributed by atoms with van der Waals surface area (Å²) in [4.78, 5) is 8.21. The maximum absolute atomic E-state index is 4.11. The monoisotopic (exact) mass is 144 g/mol. The van der Waals surface area contributed by atoms with Crippen LogP contribution < -0.4 is 0 Å². The largest absolute Gasteiger partial charge is 0.235 e. The van der Waals surface area contributed by atoms with Crippen molar-refractivity contribution < 1.29 is 0 Å². The summed E-state index contributed by atoms with van der Waals surface area (Å²) in [6.45, 7) is 0. The minimum atomic E-state index is 0.852. The van der Waals surface area contributed by atoms with Crippen molar-refractivity contribution in [2.75, 3.05) is 0 Å². The van der Waals surface area contributed by atoms with Crippen molar-refractivity contribution in [3.63, 3.8) is 0 Å². The Labute approximate surface area is 65.4 Å². The average Bonchev–Trinajstić information content (AvgIpc) is 2.58. The van der Waals surface area contributed by atoms with Crippen LogP contribution in [0.4, 0.5) is 0 Å². The summed E-state index contributed by atoms with van der Waals surface area (Å²) in [6.07, 6.45) is 12.6. The lowest BCUT2D eigenvalue weighted by atomic mass is 10.1. The first kappa shape index (κ1) is 6.28. The van der Waals surface area contributed by atoms with Crippen LogP contribution in [0.2, 0.25) is 0 Å². The second kappa shape index (κ2) is 2.66. The molecule has 1 aliphatic heterocycles. The predicted octanol–water partition coefficient (Wildman–Crippen LogP) is 1.87. The van der Waals surface area contributed by atoms with Crippen molar-refractivity contribution >= 4 is 12.4 Å². The number of nitrogens with zero attached hydrogens (tertiary/aromatic N) is 2. The lowest BCUT2D eigenvalue weighted by Crippen LogP contribution is -1.84. The third-order valence-corrected chi connectivity index (χ3v) is 1.63. The van der Waals surface area contributed by atoms with E-state index in [-0.39, 0.29) is 0 Å². The molecular weight excluding hydrogens is 136 g/mol. The molecule has 0 aromatic heterocycles. The SMILES string of the molecule is C1=CCC(=C2N=CC=N2)C=C1. The summed E-state index contributed by atoms with van der Waals surface area (Å²) in [5.74, 6) is 0.852. The number of hydrogen-bond donors (Lipinski definition) is 0. The van der Waals surface area contributed by atoms with Gasteiger partial charge in [0.2, 0.25) is 0 Å². The molecule has 0 N–H and O–H groups in total. The van der Waals surface area contributed by atoms with E-state index in [1.54, 1.807) is 12.4 Å². The van der Waals surface area contributed by atoms with E-state index in [1.165, 1.54) is 5.57 Å². The molecule has 11 heavy (non-hydrogen) atoms. The van der Waals surface area contributed by atoms with Crippen LogP contribution in [0.3, 0.4) is 0 Å². The van der Waals surface area contributed by atoms with E-state index in [9.17, 15) is 0 Å². The number of aliphatic imine (C=N–C) groups is 2. The van der Waals surface area contributed by atoms with Gasteiger partial charge in [0, 0.05) is 18.0 Å². The van der Waals surface area contributed by atoms with Gasteiger partial charge in [0.05, 0.1) is 0 Å². The van der Waals surface area contributed by atoms with Crippen LogP contribution in [0.5, 0.6) is 0 Å². The fourth-order valence-electron chi connectivity index (χ4n) is 1.09. The highest BCUT2D eigenvalue weighted by atomic mass is 15.0. The molecule has 0 fully saturated rings. The van der Waals surface area contributed by atoms with Crippen LogP contribution in [0, 0.1) is 0 Å². The first-order chi connectivity index (χ1) is 5.47. The van der Waals surface area contributed by atoms with E-state index in [0.717, 1.165) is 12.2 Å². The van der Waals surface area contributed by atoms with E-state index < -0.39 is 0 Å². The summed E-state index contributed by atoms with van der Waals surface area (Å²) in [6, 6.07) is 0. The van der Waals surface area contributed by atoms with Crippen LogP contribution in [0.15, 0.2) is 45.7 Å². The minimum Gasteiger partial charge on any atom is -0.235 e. The predicted molar refractivity (Wildman–Crippen MR) is 46.9 cm³/mol. The summed E-state index contributed by atoms with van der Waals surface area (Å²) < 4.78 is 0. The first-order valence-corrected chi connectivity index (χ1v) is 3.60. The zero-order chi connectivity index (χ0) is 7.52. The van der Waals surface area contributed by atoms with Crippen molar-refractivity contribution in [2.24, 2.45) is 9.98 Å². The Morgan fingerprint density at radius 3 is 2.55 bits per heavy atom. The van der Waals surface area contributed by atoms with Gasteiger partial charge in [-0.3, -0.25) is 0 Å². The molecule has 0 spiro atoms. The zero-order valence-corrected chi connectivity index (χ0v) is 6.07. The fourth-order valence-corrected chi connectivity index (χ4v) is 1.09. The molecule has 0 radical (unpaired) electrons. The maximum Gasteiger partial charge on any atom is 0.155 e. The Morgan fingerprint density at radius 2 is 1.91 bits per heavy atom. The highest BCUT2D eigenvalue weighted by Gasteiger charge is 2.03. The van der Waals surface area contributed by atoms with E-state index in [1.807, 2.05) is 12.2 Å². The van der Waals surface area contributed by atoms with Crippen molar-refractivity contribution in [1.29, 1.82) is 0 Å². The van der Waals surface area contributed by atoms with Crippen LogP contribution in [0.1, 0.15) is 6.42 Å². The van der Waals surface area contributed by atoms with Gasteiger partial charge in [-0.15, -0.1) is 0 Å². The Hall–Kier alpha value is -1.44. The lowest BCUT2D eigenvalue weighted by molar-refractivity contribution is 1.14. The molecule has 0 saturated carbocycles. The van der Waals surface area contributed by atoms with Crippen LogP contribution in [-0.4, -0.2) is 12.4 Å². The molecular formula is C9H8N2. The Morgan fingerprint density at radius 1 is 1.09 bits per heavy atom. The topological polar surface area (TPSA) is 24.7 Å². The van der Waals surface area contributed by atoms with Crippen molar-refractivity contribution in [2.45, 2.75) is 6.42 Å². The lowest BCUT2D eigenvalue weighted by Gasteiger charge is -2.01. The van der Waals surface area contributed by atoms with Crippen LogP contribution >= 0.6 is 0 Å². The molecule has 0 unspecified atom stereocenters. The second-order valence-electron chi connectivity index (χ2n) is 2.40. The van der Waals surface area contributed by atoms with Gasteiger partial charge in [-0.25, -0.2) is 9.98 Å². The molecule has 0 aromatic rings. The molecule has 1 heterocycles. The van der Waals surface area contributed by atoms with Crippen molar-refractivity contribution in [1.82, 2.24) is 0 Å². The molecule has 2 heteroatoms. The molecule has 0 saturated heterocycles. The smallest absolute Gasteiger partial charge is 0.155 e. The van der Waals surface area contributed by atoms with E-state index in [2.05, 4.69) is 22.1 Å². The Kier molecular flexibility index (Phi) is 1.52. The summed E-state index contributed by atoms with van der Waals surface area (Å²) >= 11 is 0. The van der Waals surface area contributed by atoms with Gasteiger partial charge < -0.3 is 0 Å². The fraction of sp³-hybridized carbons (Fsp3) is 0.111. The number of rotatable bonds is 0. The van der Waals surface area contributed by atoms with E-state index in [4.69, 9.17) is 0 Å². The molecule has 2 aliphatic rings. The molecule has 2 nitrogen and oxygen atoms in total. The Bertz CT molecular complexity index is 290. The third kappa shape index (κ3) is 1.19. The number of allylic oxidation sites excluding steroid dienone is 5. The molecule has 0 aromatic carbocycles. The quantitative estimate of drug-likeness (QED) is 0.496. The minimum absolute atomic E-state index is 0.852. The summed E-state index contributed by atoms with van der Waals surface area (Å²) in [5.41, 5.74) is 1.19. The molecule has 0 bridgehead atoms. The molecule has 1 aliphatic carbocycles. The molecule has 2 rings (SSSR count). The first-order valence-electron chi connectivity index (χ1n) is 3.60. The summed E-state index contributed by atoms with van der Waals surface area (Å²) in [7, 11) is 0. The average molecular weight is 144 g/mol. The Balaban J connectivity index is 2.33. The van der Waals surface area contributed by atoms with Gasteiger partial charge in [0.15, 0.2) is 5.82 Å². The normalized spacial score (nSPS) is 20.4. The van der Waals surface area contributed by atoms with Gasteiger partial charge in [-0.1, -0.05) is 24.3 Å². The number of hydrogen-bond acceptors (Lipinski definition) is 2. The van der Waals surface area contributed by atoms with Gasteiger partial charge in [0.25, 0.3) is 0 Å². The van der Waals surface area contributed by atoms with Crippen molar-refractivity contribution in [3.05, 3.63) is 35.7 Å². The maximum atomic E-state index is 4.11. The molecule has 54 valence electrons. The molecule has 0 amide bonds. The van der Waals surface area contributed by atoms with Gasteiger partial charge in [-0.2, -0.15) is 0 Å².